The third-order valence-electron chi connectivity index (χ3n) is 11.1. The summed E-state index contributed by atoms with van der Waals surface area (Å²) in [6.07, 6.45) is -1.04. The van der Waals surface area contributed by atoms with Crippen molar-refractivity contribution in [3.05, 3.63) is 47.0 Å². The van der Waals surface area contributed by atoms with E-state index >= 15 is 0 Å². The molecule has 5 rings (SSSR count). The van der Waals surface area contributed by atoms with Crippen molar-refractivity contribution in [1.29, 1.82) is 0 Å². The second-order valence-corrected chi connectivity index (χ2v) is 13.3. The molecule has 1 saturated heterocycles. The predicted octanol–water partition coefficient (Wildman–Crippen LogP) is 3.88. The van der Waals surface area contributed by atoms with Crippen molar-refractivity contribution in [3.8, 4) is 0 Å². The van der Waals surface area contributed by atoms with Crippen molar-refractivity contribution in [2.24, 2.45) is 34.5 Å². The van der Waals surface area contributed by atoms with Crippen molar-refractivity contribution in [3.63, 3.8) is 0 Å². The number of ether oxygens (including phenoxy) is 3. The van der Waals surface area contributed by atoms with E-state index < -0.39 is 64.6 Å². The summed E-state index contributed by atoms with van der Waals surface area (Å²) in [6, 6.07) is 8.56. The van der Waals surface area contributed by atoms with Crippen LogP contribution in [0.25, 0.3) is 0 Å². The SMILES string of the molecule is CC(=O)O[C@@]12CO[C@@H]1C[C@H](C)[C@@]1(C)C(=O)[C@H](CO)C3=C(C)[C@@H](C)C[C@@](O)([C@@H](OC(=O)c4ccccc4)[C@H]21)C3(C)C. The molecule has 4 aliphatic rings. The Hall–Kier alpha value is -2.55. The van der Waals surface area contributed by atoms with E-state index in [1.165, 1.54) is 6.92 Å². The van der Waals surface area contributed by atoms with Gasteiger partial charge in [-0.05, 0) is 49.3 Å². The second-order valence-electron chi connectivity index (χ2n) is 13.3. The van der Waals surface area contributed by atoms with Crippen LogP contribution in [0.15, 0.2) is 41.5 Å². The molecule has 1 aromatic carbocycles. The molecular weight excluding hydrogens is 512 g/mol. The molecule has 1 heterocycles. The molecule has 0 unspecified atom stereocenters. The van der Waals surface area contributed by atoms with Crippen molar-refractivity contribution in [1.82, 2.24) is 0 Å². The molecule has 0 aromatic heterocycles. The predicted molar refractivity (Wildman–Crippen MR) is 146 cm³/mol. The smallest absolute Gasteiger partial charge is 0.338 e. The average Bonchev–Trinajstić information content (AvgIpc) is 2.89. The Morgan fingerprint density at radius 3 is 2.33 bits per heavy atom. The van der Waals surface area contributed by atoms with E-state index in [-0.39, 0.29) is 30.6 Å². The molecule has 3 fully saturated rings. The molecule has 40 heavy (non-hydrogen) atoms. The number of aliphatic hydroxyl groups is 2. The number of aliphatic hydroxyl groups excluding tert-OH is 1. The summed E-state index contributed by atoms with van der Waals surface area (Å²) in [6.45, 7) is 12.4. The molecule has 0 radical (unpaired) electrons. The van der Waals surface area contributed by atoms with E-state index in [4.69, 9.17) is 14.2 Å². The maximum Gasteiger partial charge on any atom is 0.338 e. The monoisotopic (exact) mass is 554 g/mol. The van der Waals surface area contributed by atoms with Gasteiger partial charge in [-0.3, -0.25) is 9.59 Å². The third kappa shape index (κ3) is 3.71. The fourth-order valence-corrected chi connectivity index (χ4v) is 8.62. The largest absolute Gasteiger partial charge is 0.455 e. The van der Waals surface area contributed by atoms with Crippen molar-refractivity contribution in [2.75, 3.05) is 13.2 Å². The maximum absolute atomic E-state index is 14.8. The Labute approximate surface area is 236 Å². The van der Waals surface area contributed by atoms with Crippen LogP contribution in [0, 0.1) is 34.5 Å². The number of hydrogen-bond donors (Lipinski definition) is 2. The van der Waals surface area contributed by atoms with Crippen molar-refractivity contribution < 1.29 is 38.8 Å². The molecule has 0 amide bonds. The molecular formula is C32H42O8. The number of carbonyl (C=O) groups is 3. The molecule has 1 aliphatic heterocycles. The lowest BCUT2D eigenvalue weighted by molar-refractivity contribution is -0.339. The second kappa shape index (κ2) is 9.50. The molecule has 8 nitrogen and oxygen atoms in total. The number of fused-ring (bicyclic) bond motifs is 5. The van der Waals surface area contributed by atoms with Crippen molar-refractivity contribution >= 4 is 17.7 Å². The third-order valence-corrected chi connectivity index (χ3v) is 11.1. The number of benzene rings is 1. The Bertz CT molecular complexity index is 1250. The summed E-state index contributed by atoms with van der Waals surface area (Å²) in [5.41, 5.74) is -3.25. The first-order valence-electron chi connectivity index (χ1n) is 14.3. The van der Waals surface area contributed by atoms with Crippen LogP contribution in [-0.4, -0.2) is 64.6 Å². The highest BCUT2D eigenvalue weighted by molar-refractivity contribution is 5.92. The zero-order chi connectivity index (χ0) is 29.4. The summed E-state index contributed by atoms with van der Waals surface area (Å²) < 4.78 is 18.5. The quantitative estimate of drug-likeness (QED) is 0.425. The number of Topliss-reactive ketones (excluding diaryl/α,β-unsaturated/α-hetero) is 1. The fourth-order valence-electron chi connectivity index (χ4n) is 8.62. The minimum Gasteiger partial charge on any atom is -0.455 e. The summed E-state index contributed by atoms with van der Waals surface area (Å²) >= 11 is 0. The van der Waals surface area contributed by atoms with Gasteiger partial charge < -0.3 is 24.4 Å². The van der Waals surface area contributed by atoms with Crippen LogP contribution in [0.4, 0.5) is 0 Å². The number of ketones is 1. The van der Waals surface area contributed by atoms with Crippen LogP contribution < -0.4 is 0 Å². The normalized spacial score (nSPS) is 42.0. The van der Waals surface area contributed by atoms with Gasteiger partial charge >= 0.3 is 11.9 Å². The van der Waals surface area contributed by atoms with E-state index in [1.54, 1.807) is 30.3 Å². The van der Waals surface area contributed by atoms with Gasteiger partial charge in [-0.1, -0.05) is 58.4 Å². The average molecular weight is 555 g/mol. The summed E-state index contributed by atoms with van der Waals surface area (Å²) in [5, 5.41) is 23.8. The first-order valence-corrected chi connectivity index (χ1v) is 14.3. The van der Waals surface area contributed by atoms with E-state index in [0.717, 1.165) is 5.57 Å². The van der Waals surface area contributed by atoms with Crippen LogP contribution in [0.5, 0.6) is 0 Å². The fraction of sp³-hybridized carbons (Fsp3) is 0.656. The molecule has 3 aliphatic carbocycles. The minimum atomic E-state index is -1.66. The number of esters is 2. The molecule has 8 heteroatoms. The first kappa shape index (κ1) is 29.0. The number of hydrogen-bond acceptors (Lipinski definition) is 8. The van der Waals surface area contributed by atoms with Gasteiger partial charge in [0, 0.05) is 17.8 Å². The van der Waals surface area contributed by atoms with Gasteiger partial charge in [-0.2, -0.15) is 0 Å². The standard InChI is InChI=1S/C32H42O8/c1-17-14-32(37)27(39-28(36)21-11-9-8-10-12-21)25-30(7,18(2)13-23-31(25,16-38-23)40-20(4)34)26(35)22(15-33)24(19(17)3)29(32,5)6/h8-12,17-18,22-23,25,27,33,37H,13-16H2,1-7H3/t17-,18-,22+,23+,25-,27-,30+,31-,32+/m0/s1. The summed E-state index contributed by atoms with van der Waals surface area (Å²) in [5.74, 6) is -3.58. The van der Waals surface area contributed by atoms with Crippen LogP contribution in [0.1, 0.15) is 71.7 Å². The number of rotatable bonds is 4. The Kier molecular flexibility index (Phi) is 6.88. The lowest BCUT2D eigenvalue weighted by Crippen LogP contribution is -2.80. The lowest BCUT2D eigenvalue weighted by Gasteiger charge is -2.68. The van der Waals surface area contributed by atoms with Gasteiger partial charge in [0.2, 0.25) is 0 Å². The maximum atomic E-state index is 14.8. The number of carbonyl (C=O) groups excluding carboxylic acids is 3. The van der Waals surface area contributed by atoms with Crippen LogP contribution >= 0.6 is 0 Å². The highest BCUT2D eigenvalue weighted by Crippen LogP contribution is 2.66. The summed E-state index contributed by atoms with van der Waals surface area (Å²) in [4.78, 5) is 41.2. The Balaban J connectivity index is 1.83. The van der Waals surface area contributed by atoms with Gasteiger partial charge in [0.15, 0.2) is 5.60 Å². The van der Waals surface area contributed by atoms with Gasteiger partial charge in [0.05, 0.1) is 30.6 Å². The van der Waals surface area contributed by atoms with E-state index in [1.807, 2.05) is 41.5 Å². The first-order chi connectivity index (χ1) is 18.7. The van der Waals surface area contributed by atoms with E-state index in [0.29, 0.717) is 17.6 Å². The molecule has 9 atom stereocenters. The van der Waals surface area contributed by atoms with Crippen LogP contribution in [0.2, 0.25) is 0 Å². The topological polar surface area (TPSA) is 119 Å². The Morgan fingerprint density at radius 2 is 1.77 bits per heavy atom. The summed E-state index contributed by atoms with van der Waals surface area (Å²) in [7, 11) is 0. The molecule has 2 saturated carbocycles. The zero-order valence-electron chi connectivity index (χ0n) is 24.5. The lowest BCUT2D eigenvalue weighted by atomic mass is 9.42. The Morgan fingerprint density at radius 1 is 1.12 bits per heavy atom. The molecule has 218 valence electrons. The van der Waals surface area contributed by atoms with Gasteiger partial charge in [0.25, 0.3) is 0 Å². The van der Waals surface area contributed by atoms with E-state index in [9.17, 15) is 24.6 Å². The highest BCUT2D eigenvalue weighted by Gasteiger charge is 2.76. The van der Waals surface area contributed by atoms with Gasteiger partial charge in [-0.25, -0.2) is 4.79 Å². The van der Waals surface area contributed by atoms with Crippen molar-refractivity contribution in [2.45, 2.75) is 84.7 Å². The highest BCUT2D eigenvalue weighted by atomic mass is 16.6. The molecule has 2 bridgehead atoms. The molecule has 1 aromatic rings. The molecule has 2 N–H and O–H groups in total. The molecule has 0 spiro atoms. The van der Waals surface area contributed by atoms with Crippen LogP contribution in [0.3, 0.4) is 0 Å². The zero-order valence-corrected chi connectivity index (χ0v) is 24.5. The van der Waals surface area contributed by atoms with Crippen LogP contribution in [-0.2, 0) is 23.8 Å². The minimum absolute atomic E-state index is 0.0223. The van der Waals surface area contributed by atoms with Gasteiger partial charge in [0.1, 0.15) is 23.6 Å². The number of allylic oxidation sites excluding steroid dienone is 1. The van der Waals surface area contributed by atoms with E-state index in [2.05, 4.69) is 0 Å². The van der Waals surface area contributed by atoms with Gasteiger partial charge in [-0.15, -0.1) is 0 Å².